The van der Waals surface area contributed by atoms with Crippen LogP contribution in [0.4, 0.5) is 5.95 Å². The lowest BCUT2D eigenvalue weighted by Gasteiger charge is -2.31. The molecule has 0 radical (unpaired) electrons. The Labute approximate surface area is 139 Å². The number of hydrogen-bond acceptors (Lipinski definition) is 4. The van der Waals surface area contributed by atoms with E-state index in [2.05, 4.69) is 16.0 Å². The van der Waals surface area contributed by atoms with Crippen molar-refractivity contribution in [3.63, 3.8) is 0 Å². The number of anilines is 1. The molecule has 5 nitrogen and oxygen atoms in total. The van der Waals surface area contributed by atoms with Crippen molar-refractivity contribution in [1.82, 2.24) is 15.0 Å². The highest BCUT2D eigenvalue weighted by Crippen LogP contribution is 2.33. The fraction of sp³-hybridized carbons (Fsp3) is 0.316. The lowest BCUT2D eigenvalue weighted by molar-refractivity contribution is 0.599. The van der Waals surface area contributed by atoms with E-state index in [9.17, 15) is 4.79 Å². The molecule has 5 heteroatoms. The van der Waals surface area contributed by atoms with E-state index >= 15 is 0 Å². The van der Waals surface area contributed by atoms with Crippen LogP contribution in [0, 0.1) is 0 Å². The van der Waals surface area contributed by atoms with Crippen molar-refractivity contribution < 1.29 is 0 Å². The second kappa shape index (κ2) is 5.16. The average Bonchev–Trinajstić information content (AvgIpc) is 3.00. The van der Waals surface area contributed by atoms with Gasteiger partial charge < -0.3 is 9.88 Å². The standard InChI is InChI=1S/C19H18N4O/c24-17-8-7-12-5-6-13(11-16(12)20-17)18-14-3-1-4-15(14)21-19(22-18)23-9-2-10-23/h5-8,11H,1-4,9-10H2,(H,20,24). The number of fused-ring (bicyclic) bond motifs is 2. The van der Waals surface area contributed by atoms with Gasteiger partial charge in [0.05, 0.1) is 5.69 Å². The summed E-state index contributed by atoms with van der Waals surface area (Å²) in [6.45, 7) is 2.09. The van der Waals surface area contributed by atoms with Crippen molar-refractivity contribution in [3.05, 3.63) is 51.9 Å². The van der Waals surface area contributed by atoms with E-state index in [1.165, 1.54) is 17.7 Å². The second-order valence-corrected chi connectivity index (χ2v) is 6.62. The predicted molar refractivity (Wildman–Crippen MR) is 94.4 cm³/mol. The highest BCUT2D eigenvalue weighted by Gasteiger charge is 2.24. The molecule has 0 unspecified atom stereocenters. The number of nitrogens with one attached hydrogen (secondary N) is 1. The minimum Gasteiger partial charge on any atom is -0.341 e. The number of pyridine rings is 1. The van der Waals surface area contributed by atoms with Crippen LogP contribution in [-0.2, 0) is 12.8 Å². The van der Waals surface area contributed by atoms with Gasteiger partial charge in [0, 0.05) is 41.5 Å². The zero-order valence-corrected chi connectivity index (χ0v) is 13.4. The van der Waals surface area contributed by atoms with Crippen LogP contribution in [0.3, 0.4) is 0 Å². The molecule has 1 saturated heterocycles. The first-order valence-corrected chi connectivity index (χ1v) is 8.56. The van der Waals surface area contributed by atoms with Crippen LogP contribution in [0.2, 0.25) is 0 Å². The van der Waals surface area contributed by atoms with Crippen molar-refractivity contribution in [2.24, 2.45) is 0 Å². The second-order valence-electron chi connectivity index (χ2n) is 6.62. The molecule has 5 rings (SSSR count). The summed E-state index contributed by atoms with van der Waals surface area (Å²) >= 11 is 0. The lowest BCUT2D eigenvalue weighted by Crippen LogP contribution is -2.38. The average molecular weight is 318 g/mol. The molecule has 1 aliphatic heterocycles. The van der Waals surface area contributed by atoms with Gasteiger partial charge in [-0.3, -0.25) is 4.79 Å². The molecule has 1 aliphatic carbocycles. The minimum absolute atomic E-state index is 0.0752. The van der Waals surface area contributed by atoms with E-state index in [1.807, 2.05) is 18.2 Å². The molecule has 1 aromatic carbocycles. The third kappa shape index (κ3) is 2.12. The predicted octanol–water partition coefficient (Wildman–Crippen LogP) is 2.68. The van der Waals surface area contributed by atoms with Gasteiger partial charge >= 0.3 is 0 Å². The molecule has 0 atom stereocenters. The van der Waals surface area contributed by atoms with Gasteiger partial charge in [-0.25, -0.2) is 9.97 Å². The van der Waals surface area contributed by atoms with Crippen LogP contribution in [-0.4, -0.2) is 28.0 Å². The molecule has 0 saturated carbocycles. The van der Waals surface area contributed by atoms with Crippen LogP contribution in [0.25, 0.3) is 22.2 Å². The first kappa shape index (κ1) is 13.7. The summed E-state index contributed by atoms with van der Waals surface area (Å²) in [5.74, 6) is 0.860. The van der Waals surface area contributed by atoms with E-state index < -0.39 is 0 Å². The topological polar surface area (TPSA) is 61.9 Å². The van der Waals surface area contributed by atoms with Gasteiger partial charge in [0.15, 0.2) is 0 Å². The van der Waals surface area contributed by atoms with Crippen molar-refractivity contribution >= 4 is 16.9 Å². The first-order chi connectivity index (χ1) is 11.8. The molecular formula is C19H18N4O. The summed E-state index contributed by atoms with van der Waals surface area (Å²) in [5, 5.41) is 1.03. The number of benzene rings is 1. The number of hydrogen-bond donors (Lipinski definition) is 1. The maximum Gasteiger partial charge on any atom is 0.248 e. The van der Waals surface area contributed by atoms with E-state index in [1.54, 1.807) is 6.07 Å². The Hall–Kier alpha value is -2.69. The van der Waals surface area contributed by atoms with Crippen molar-refractivity contribution in [1.29, 1.82) is 0 Å². The Morgan fingerprint density at radius 3 is 2.71 bits per heavy atom. The van der Waals surface area contributed by atoms with E-state index in [0.717, 1.165) is 60.5 Å². The maximum absolute atomic E-state index is 11.6. The normalized spacial score (nSPS) is 16.2. The molecule has 120 valence electrons. The number of aromatic amines is 1. The van der Waals surface area contributed by atoms with Gasteiger partial charge in [-0.05, 0) is 43.2 Å². The third-order valence-electron chi connectivity index (χ3n) is 5.06. The SMILES string of the molecule is O=c1ccc2ccc(-c3nc(N4CCC4)nc4c3CCC4)cc2[nH]1. The molecule has 24 heavy (non-hydrogen) atoms. The zero-order chi connectivity index (χ0) is 16.1. The number of aryl methyl sites for hydroxylation is 1. The summed E-state index contributed by atoms with van der Waals surface area (Å²) in [6.07, 6.45) is 4.43. The highest BCUT2D eigenvalue weighted by atomic mass is 16.1. The van der Waals surface area contributed by atoms with Crippen molar-refractivity contribution in [3.8, 4) is 11.3 Å². The van der Waals surface area contributed by atoms with Gasteiger partial charge in [0.25, 0.3) is 0 Å². The summed E-state index contributed by atoms with van der Waals surface area (Å²) in [5.41, 5.74) is 5.35. The van der Waals surface area contributed by atoms with Crippen LogP contribution >= 0.6 is 0 Å². The molecule has 0 amide bonds. The van der Waals surface area contributed by atoms with E-state index in [0.29, 0.717) is 0 Å². The van der Waals surface area contributed by atoms with Gasteiger partial charge in [-0.1, -0.05) is 12.1 Å². The zero-order valence-electron chi connectivity index (χ0n) is 13.4. The Kier molecular flexibility index (Phi) is 2.95. The third-order valence-corrected chi connectivity index (χ3v) is 5.06. The van der Waals surface area contributed by atoms with Crippen LogP contribution in [0.1, 0.15) is 24.1 Å². The minimum atomic E-state index is -0.0752. The Balaban J connectivity index is 1.70. The number of H-pyrrole nitrogens is 1. The van der Waals surface area contributed by atoms with Crippen LogP contribution in [0.15, 0.2) is 35.1 Å². The summed E-state index contributed by atoms with van der Waals surface area (Å²) in [4.78, 5) is 26.5. The lowest BCUT2D eigenvalue weighted by atomic mass is 10.0. The smallest absolute Gasteiger partial charge is 0.248 e. The Bertz CT molecular complexity index is 1000. The van der Waals surface area contributed by atoms with Gasteiger partial charge in [0.2, 0.25) is 11.5 Å². The molecule has 0 spiro atoms. The molecule has 2 aliphatic rings. The molecule has 1 N–H and O–H groups in total. The van der Waals surface area contributed by atoms with Crippen LogP contribution in [0.5, 0.6) is 0 Å². The quantitative estimate of drug-likeness (QED) is 0.789. The van der Waals surface area contributed by atoms with Crippen molar-refractivity contribution in [2.45, 2.75) is 25.7 Å². The van der Waals surface area contributed by atoms with E-state index in [4.69, 9.17) is 9.97 Å². The molecule has 3 aromatic rings. The maximum atomic E-state index is 11.6. The number of rotatable bonds is 2. The fourth-order valence-corrected chi connectivity index (χ4v) is 3.61. The molecule has 3 heterocycles. The molecule has 0 bridgehead atoms. The Morgan fingerprint density at radius 1 is 1.00 bits per heavy atom. The largest absolute Gasteiger partial charge is 0.341 e. The summed E-state index contributed by atoms with van der Waals surface area (Å²) in [7, 11) is 0. The molecular weight excluding hydrogens is 300 g/mol. The van der Waals surface area contributed by atoms with Gasteiger partial charge in [-0.2, -0.15) is 0 Å². The molecule has 2 aromatic heterocycles. The highest BCUT2D eigenvalue weighted by molar-refractivity contribution is 5.84. The van der Waals surface area contributed by atoms with Gasteiger partial charge in [-0.15, -0.1) is 0 Å². The molecule has 1 fully saturated rings. The summed E-state index contributed by atoms with van der Waals surface area (Å²) < 4.78 is 0. The fourth-order valence-electron chi connectivity index (χ4n) is 3.61. The van der Waals surface area contributed by atoms with Crippen molar-refractivity contribution in [2.75, 3.05) is 18.0 Å². The van der Waals surface area contributed by atoms with Gasteiger partial charge in [0.1, 0.15) is 0 Å². The number of aromatic nitrogens is 3. The van der Waals surface area contributed by atoms with Crippen LogP contribution < -0.4 is 10.5 Å². The first-order valence-electron chi connectivity index (χ1n) is 8.56. The van der Waals surface area contributed by atoms with E-state index in [-0.39, 0.29) is 5.56 Å². The Morgan fingerprint density at radius 2 is 1.88 bits per heavy atom. The monoisotopic (exact) mass is 318 g/mol. The number of nitrogens with zero attached hydrogens (tertiary/aromatic N) is 3. The summed E-state index contributed by atoms with van der Waals surface area (Å²) in [6, 6.07) is 9.60.